The number of aldehydes is 1. The molecule has 4 rings (SSSR count). The molecule has 0 aliphatic carbocycles. The lowest BCUT2D eigenvalue weighted by molar-refractivity contribution is 0.0428. The second-order valence-electron chi connectivity index (χ2n) is 12.1. The van der Waals surface area contributed by atoms with Crippen LogP contribution in [0.1, 0.15) is 82.0 Å². The first kappa shape index (κ1) is 33.6. The molecule has 1 aromatic heterocycles. The van der Waals surface area contributed by atoms with E-state index in [1.54, 1.807) is 71.9 Å². The van der Waals surface area contributed by atoms with E-state index in [1.165, 1.54) is 11.5 Å². The van der Waals surface area contributed by atoms with Crippen molar-refractivity contribution >= 4 is 40.8 Å². The summed E-state index contributed by atoms with van der Waals surface area (Å²) in [5, 5.41) is 10.4. The first-order valence-corrected chi connectivity index (χ1v) is 14.4. The molecule has 0 bridgehead atoms. The molecule has 0 spiro atoms. The normalized spacial score (nSPS) is 11.2. The van der Waals surface area contributed by atoms with Crippen LogP contribution in [0.2, 0.25) is 0 Å². The van der Waals surface area contributed by atoms with Crippen molar-refractivity contribution in [3.8, 4) is 11.3 Å². The van der Waals surface area contributed by atoms with Crippen LogP contribution in [0.25, 0.3) is 22.0 Å². The lowest BCUT2D eigenvalue weighted by Crippen LogP contribution is -2.44. The maximum atomic E-state index is 12.6. The zero-order valence-corrected chi connectivity index (χ0v) is 26.3. The quantitative estimate of drug-likeness (QED) is 0.161. The molecule has 0 aliphatic heterocycles. The second-order valence-corrected chi connectivity index (χ2v) is 12.1. The third kappa shape index (κ3) is 9.83. The standard InChI is InChI=1S/C21H25N3O5.C14H14O/c1-20(2,3)28-18(26)24(19(27)29-21(4,5)6)17-11-10-16(22-23-17)15-9-7-8-14(12-15)13-25;1-2-5-14(15)13-9-8-11-6-3-4-7-12(11)10-13/h7-13H,1-6H3;3-4,6-10H,2,5H2,1H3. The van der Waals surface area contributed by atoms with Gasteiger partial charge in [-0.25, -0.2) is 9.59 Å². The van der Waals surface area contributed by atoms with E-state index in [0.29, 0.717) is 28.1 Å². The Labute approximate surface area is 258 Å². The van der Waals surface area contributed by atoms with Crippen LogP contribution in [0, 0.1) is 0 Å². The minimum absolute atomic E-state index is 0.0382. The Kier molecular flexibility index (Phi) is 11.1. The first-order chi connectivity index (χ1) is 20.7. The summed E-state index contributed by atoms with van der Waals surface area (Å²) in [6.07, 6.45) is 0.440. The number of benzene rings is 3. The van der Waals surface area contributed by atoms with Crippen LogP contribution in [-0.2, 0) is 9.47 Å². The highest BCUT2D eigenvalue weighted by molar-refractivity contribution is 6.08. The molecule has 4 aromatic rings. The molecule has 0 radical (unpaired) electrons. The fourth-order valence-electron chi connectivity index (χ4n) is 3.98. The van der Waals surface area contributed by atoms with E-state index < -0.39 is 23.4 Å². The van der Waals surface area contributed by atoms with Gasteiger partial charge in [0.05, 0.1) is 5.69 Å². The highest BCUT2D eigenvalue weighted by atomic mass is 16.6. The average molecular weight is 598 g/mol. The van der Waals surface area contributed by atoms with E-state index in [-0.39, 0.29) is 11.6 Å². The Hall–Kier alpha value is -4.92. The number of imide groups is 1. The van der Waals surface area contributed by atoms with E-state index in [0.717, 1.165) is 23.7 Å². The molecule has 0 atom stereocenters. The van der Waals surface area contributed by atoms with Crippen molar-refractivity contribution in [2.75, 3.05) is 4.90 Å². The SMILES string of the molecule is CC(C)(C)OC(=O)N(C(=O)OC(C)(C)C)c1ccc(-c2cccc(C=O)c2)nn1.CCCC(=O)c1ccc2ccccc2c1. The molecule has 0 N–H and O–H groups in total. The third-order valence-corrected chi connectivity index (χ3v) is 5.90. The number of aromatic nitrogens is 2. The number of anilines is 1. The fourth-order valence-corrected chi connectivity index (χ4v) is 3.98. The van der Waals surface area contributed by atoms with Crippen molar-refractivity contribution < 1.29 is 28.7 Å². The summed E-state index contributed by atoms with van der Waals surface area (Å²) in [7, 11) is 0. The van der Waals surface area contributed by atoms with Gasteiger partial charge in [-0.05, 0) is 83.0 Å². The number of Topliss-reactive ketones (excluding diaryl/α,β-unsaturated/α-hetero) is 1. The number of ketones is 1. The van der Waals surface area contributed by atoms with Gasteiger partial charge in [0.2, 0.25) is 0 Å². The number of amides is 2. The average Bonchev–Trinajstić information content (AvgIpc) is 2.96. The number of ether oxygens (including phenoxy) is 2. The van der Waals surface area contributed by atoms with E-state index in [2.05, 4.69) is 16.3 Å². The minimum atomic E-state index is -0.920. The van der Waals surface area contributed by atoms with Gasteiger partial charge in [-0.3, -0.25) is 9.59 Å². The monoisotopic (exact) mass is 597 g/mol. The van der Waals surface area contributed by atoms with Crippen LogP contribution in [-0.4, -0.2) is 45.7 Å². The second kappa shape index (κ2) is 14.5. The van der Waals surface area contributed by atoms with Gasteiger partial charge in [0.15, 0.2) is 11.6 Å². The first-order valence-electron chi connectivity index (χ1n) is 14.4. The van der Waals surface area contributed by atoms with Gasteiger partial charge in [-0.15, -0.1) is 10.2 Å². The molecule has 44 heavy (non-hydrogen) atoms. The molecule has 2 amide bonds. The molecule has 0 aliphatic rings. The van der Waals surface area contributed by atoms with E-state index in [1.807, 2.05) is 43.3 Å². The maximum Gasteiger partial charge on any atom is 0.425 e. The fraction of sp³-hybridized carbons (Fsp3) is 0.314. The summed E-state index contributed by atoms with van der Waals surface area (Å²) in [6.45, 7) is 12.2. The molecule has 0 saturated heterocycles. The molecular formula is C35H39N3O6. The summed E-state index contributed by atoms with van der Waals surface area (Å²) in [5.74, 6) is 0.201. The molecule has 0 saturated carbocycles. The van der Waals surface area contributed by atoms with Gasteiger partial charge >= 0.3 is 12.2 Å². The Balaban J connectivity index is 0.000000293. The molecule has 3 aromatic carbocycles. The van der Waals surface area contributed by atoms with Crippen molar-refractivity contribution in [1.29, 1.82) is 0 Å². The van der Waals surface area contributed by atoms with Gasteiger partial charge in [-0.1, -0.05) is 61.5 Å². The summed E-state index contributed by atoms with van der Waals surface area (Å²) in [6, 6.07) is 23.9. The van der Waals surface area contributed by atoms with Gasteiger partial charge in [0, 0.05) is 23.1 Å². The van der Waals surface area contributed by atoms with Crippen LogP contribution < -0.4 is 4.90 Å². The lowest BCUT2D eigenvalue weighted by atomic mass is 10.0. The molecule has 230 valence electrons. The molecule has 9 heteroatoms. The minimum Gasteiger partial charge on any atom is -0.443 e. The number of carbonyl (C=O) groups is 4. The van der Waals surface area contributed by atoms with Crippen molar-refractivity contribution in [3.05, 3.63) is 90.0 Å². The van der Waals surface area contributed by atoms with E-state index >= 15 is 0 Å². The van der Waals surface area contributed by atoms with Crippen molar-refractivity contribution in [2.24, 2.45) is 0 Å². The molecular weight excluding hydrogens is 558 g/mol. The molecule has 0 unspecified atom stereocenters. The smallest absolute Gasteiger partial charge is 0.425 e. The van der Waals surface area contributed by atoms with Gasteiger partial charge in [0.25, 0.3) is 0 Å². The van der Waals surface area contributed by atoms with Crippen LogP contribution in [0.5, 0.6) is 0 Å². The molecule has 0 fully saturated rings. The molecule has 9 nitrogen and oxygen atoms in total. The Morgan fingerprint density at radius 1 is 0.750 bits per heavy atom. The zero-order valence-electron chi connectivity index (χ0n) is 26.3. The topological polar surface area (TPSA) is 116 Å². The predicted molar refractivity (Wildman–Crippen MR) is 171 cm³/mol. The third-order valence-electron chi connectivity index (χ3n) is 5.90. The summed E-state index contributed by atoms with van der Waals surface area (Å²) < 4.78 is 10.6. The zero-order chi connectivity index (χ0) is 32.5. The Morgan fingerprint density at radius 2 is 1.39 bits per heavy atom. The number of hydrogen-bond donors (Lipinski definition) is 0. The van der Waals surface area contributed by atoms with E-state index in [9.17, 15) is 19.2 Å². The van der Waals surface area contributed by atoms with Crippen molar-refractivity contribution in [1.82, 2.24) is 10.2 Å². The largest absolute Gasteiger partial charge is 0.443 e. The predicted octanol–water partition coefficient (Wildman–Crippen LogP) is 8.46. The number of fused-ring (bicyclic) bond motifs is 1. The van der Waals surface area contributed by atoms with E-state index in [4.69, 9.17) is 9.47 Å². The number of carbonyl (C=O) groups excluding carboxylic acids is 4. The van der Waals surface area contributed by atoms with Crippen LogP contribution in [0.4, 0.5) is 15.4 Å². The summed E-state index contributed by atoms with van der Waals surface area (Å²) >= 11 is 0. The number of rotatable bonds is 6. The number of nitrogens with zero attached hydrogens (tertiary/aromatic N) is 3. The van der Waals surface area contributed by atoms with Crippen molar-refractivity contribution in [3.63, 3.8) is 0 Å². The number of hydrogen-bond acceptors (Lipinski definition) is 8. The summed E-state index contributed by atoms with van der Waals surface area (Å²) in [4.78, 5) is 48.6. The Morgan fingerprint density at radius 3 is 1.93 bits per heavy atom. The van der Waals surface area contributed by atoms with Crippen molar-refractivity contribution in [2.45, 2.75) is 72.5 Å². The maximum absolute atomic E-state index is 12.6. The van der Waals surface area contributed by atoms with Gasteiger partial charge in [-0.2, -0.15) is 4.90 Å². The lowest BCUT2D eigenvalue weighted by Gasteiger charge is -2.27. The van der Waals surface area contributed by atoms with Crippen LogP contribution in [0.15, 0.2) is 78.9 Å². The van der Waals surface area contributed by atoms with Crippen LogP contribution in [0.3, 0.4) is 0 Å². The van der Waals surface area contributed by atoms with Gasteiger partial charge < -0.3 is 9.47 Å². The van der Waals surface area contributed by atoms with Gasteiger partial charge in [0.1, 0.15) is 17.5 Å². The Bertz CT molecular complexity index is 1590. The highest BCUT2D eigenvalue weighted by Crippen LogP contribution is 2.23. The molecule has 1 heterocycles. The summed E-state index contributed by atoms with van der Waals surface area (Å²) in [5.41, 5.74) is 0.841. The highest BCUT2D eigenvalue weighted by Gasteiger charge is 2.33. The van der Waals surface area contributed by atoms with Crippen LogP contribution >= 0.6 is 0 Å².